The summed E-state index contributed by atoms with van der Waals surface area (Å²) in [5.74, 6) is 0.727. The van der Waals surface area contributed by atoms with Crippen LogP contribution >= 0.6 is 0 Å². The molecule has 0 aromatic carbocycles. The molecule has 1 N–H and O–H groups in total. The van der Waals surface area contributed by atoms with Gasteiger partial charge in [0.1, 0.15) is 0 Å². The van der Waals surface area contributed by atoms with Gasteiger partial charge in [0.2, 0.25) is 0 Å². The lowest BCUT2D eigenvalue weighted by molar-refractivity contribution is 0.0997. The molecule has 0 aliphatic carbocycles. The maximum Gasteiger partial charge on any atom is 0.0515 e. The fourth-order valence-electron chi connectivity index (χ4n) is 1.29. The molecule has 2 heteroatoms. The zero-order valence-corrected chi connectivity index (χ0v) is 9.01. The average molecular weight is 185 g/mol. The fraction of sp³-hybridized carbons (Fsp3) is 0.909. The standard InChI is InChI=1S/C11H23NO/c1-3-5-7-11(4-2)10-13-9-6-8-12/h8,11-12H,3-7,9-10H2,1-2H3. The van der Waals surface area contributed by atoms with Crippen molar-refractivity contribution in [3.63, 3.8) is 0 Å². The molecule has 0 bridgehead atoms. The van der Waals surface area contributed by atoms with Gasteiger partial charge in [0.15, 0.2) is 0 Å². The lowest BCUT2D eigenvalue weighted by atomic mass is 10.0. The van der Waals surface area contributed by atoms with Crippen molar-refractivity contribution < 1.29 is 4.74 Å². The average Bonchev–Trinajstić information content (AvgIpc) is 2.17. The van der Waals surface area contributed by atoms with Gasteiger partial charge in [-0.3, -0.25) is 0 Å². The monoisotopic (exact) mass is 185 g/mol. The van der Waals surface area contributed by atoms with E-state index in [4.69, 9.17) is 10.1 Å². The SMILES string of the molecule is CCCCC(CC)COCCC=N. The van der Waals surface area contributed by atoms with E-state index in [0.29, 0.717) is 6.61 Å². The van der Waals surface area contributed by atoms with Crippen molar-refractivity contribution in [2.75, 3.05) is 13.2 Å². The molecule has 0 heterocycles. The van der Waals surface area contributed by atoms with Crippen LogP contribution in [-0.2, 0) is 4.74 Å². The molecule has 13 heavy (non-hydrogen) atoms. The van der Waals surface area contributed by atoms with Gasteiger partial charge in [0, 0.05) is 13.0 Å². The van der Waals surface area contributed by atoms with Crippen molar-refractivity contribution in [1.82, 2.24) is 0 Å². The summed E-state index contributed by atoms with van der Waals surface area (Å²) in [6.45, 7) is 6.04. The van der Waals surface area contributed by atoms with Crippen LogP contribution in [0.25, 0.3) is 0 Å². The molecule has 78 valence electrons. The van der Waals surface area contributed by atoms with Crippen LogP contribution in [0, 0.1) is 11.3 Å². The highest BCUT2D eigenvalue weighted by Crippen LogP contribution is 2.12. The maximum absolute atomic E-state index is 6.84. The molecule has 1 unspecified atom stereocenters. The second kappa shape index (κ2) is 9.72. The number of hydrogen-bond acceptors (Lipinski definition) is 2. The second-order valence-corrected chi connectivity index (χ2v) is 3.48. The predicted molar refractivity (Wildman–Crippen MR) is 57.5 cm³/mol. The van der Waals surface area contributed by atoms with Crippen molar-refractivity contribution >= 4 is 6.21 Å². The van der Waals surface area contributed by atoms with Crippen molar-refractivity contribution in [3.8, 4) is 0 Å². The summed E-state index contributed by atoms with van der Waals surface area (Å²) >= 11 is 0. The van der Waals surface area contributed by atoms with E-state index in [9.17, 15) is 0 Å². The molecule has 0 aromatic rings. The van der Waals surface area contributed by atoms with Gasteiger partial charge < -0.3 is 10.1 Å². The van der Waals surface area contributed by atoms with Gasteiger partial charge in [-0.25, -0.2) is 0 Å². The number of nitrogens with one attached hydrogen (secondary N) is 1. The van der Waals surface area contributed by atoms with Crippen LogP contribution in [0.4, 0.5) is 0 Å². The molecule has 0 fully saturated rings. The largest absolute Gasteiger partial charge is 0.381 e. The van der Waals surface area contributed by atoms with Crippen LogP contribution in [0.2, 0.25) is 0 Å². The van der Waals surface area contributed by atoms with Crippen LogP contribution in [0.5, 0.6) is 0 Å². The Morgan fingerprint density at radius 2 is 2.15 bits per heavy atom. The molecule has 0 saturated heterocycles. The highest BCUT2D eigenvalue weighted by atomic mass is 16.5. The smallest absolute Gasteiger partial charge is 0.0515 e. The molecule has 2 nitrogen and oxygen atoms in total. The van der Waals surface area contributed by atoms with Gasteiger partial charge in [0.25, 0.3) is 0 Å². The van der Waals surface area contributed by atoms with Crippen molar-refractivity contribution in [1.29, 1.82) is 5.41 Å². The zero-order chi connectivity index (χ0) is 9.94. The van der Waals surface area contributed by atoms with Gasteiger partial charge in [-0.05, 0) is 18.6 Å². The third kappa shape index (κ3) is 7.97. The summed E-state index contributed by atoms with van der Waals surface area (Å²) in [5, 5.41) is 6.84. The Bertz CT molecular complexity index is 115. The van der Waals surface area contributed by atoms with Crippen LogP contribution in [-0.4, -0.2) is 19.4 Å². The van der Waals surface area contributed by atoms with E-state index in [0.717, 1.165) is 18.9 Å². The van der Waals surface area contributed by atoms with E-state index in [2.05, 4.69) is 13.8 Å². The van der Waals surface area contributed by atoms with Crippen molar-refractivity contribution in [2.24, 2.45) is 5.92 Å². The Labute approximate surface area is 82.2 Å². The van der Waals surface area contributed by atoms with Crippen LogP contribution < -0.4 is 0 Å². The molecule has 1 atom stereocenters. The van der Waals surface area contributed by atoms with Gasteiger partial charge in [0.05, 0.1) is 6.61 Å². The van der Waals surface area contributed by atoms with Crippen molar-refractivity contribution in [3.05, 3.63) is 0 Å². The van der Waals surface area contributed by atoms with E-state index in [1.807, 2.05) is 0 Å². The molecule has 0 aliphatic heterocycles. The van der Waals surface area contributed by atoms with Crippen molar-refractivity contribution in [2.45, 2.75) is 46.0 Å². The Kier molecular flexibility index (Phi) is 9.44. The van der Waals surface area contributed by atoms with E-state index in [1.165, 1.54) is 31.9 Å². The Morgan fingerprint density at radius 3 is 2.69 bits per heavy atom. The zero-order valence-electron chi connectivity index (χ0n) is 9.01. The third-order valence-corrected chi connectivity index (χ3v) is 2.30. The molecule has 0 radical (unpaired) electrons. The lowest BCUT2D eigenvalue weighted by Gasteiger charge is -2.13. The highest BCUT2D eigenvalue weighted by Gasteiger charge is 2.04. The van der Waals surface area contributed by atoms with Gasteiger partial charge in [-0.15, -0.1) is 0 Å². The molecule has 0 rings (SSSR count). The minimum atomic E-state index is 0.714. The topological polar surface area (TPSA) is 33.1 Å². The van der Waals surface area contributed by atoms with Gasteiger partial charge in [-0.2, -0.15) is 0 Å². The summed E-state index contributed by atoms with van der Waals surface area (Å²) in [6.07, 6.45) is 7.25. The lowest BCUT2D eigenvalue weighted by Crippen LogP contribution is -2.09. The van der Waals surface area contributed by atoms with E-state index in [1.54, 1.807) is 0 Å². The maximum atomic E-state index is 6.84. The summed E-state index contributed by atoms with van der Waals surface area (Å²) in [5.41, 5.74) is 0. The number of ether oxygens (including phenoxy) is 1. The first-order valence-corrected chi connectivity index (χ1v) is 5.41. The normalized spacial score (nSPS) is 12.8. The molecular weight excluding hydrogens is 162 g/mol. The Balaban J connectivity index is 3.30. The number of rotatable bonds is 9. The molecule has 0 aliphatic rings. The number of unbranched alkanes of at least 4 members (excludes halogenated alkanes) is 1. The first kappa shape index (κ1) is 12.6. The molecule has 0 saturated carbocycles. The predicted octanol–water partition coefficient (Wildman–Crippen LogP) is 3.26. The number of hydrogen-bond donors (Lipinski definition) is 1. The molecule has 0 aromatic heterocycles. The van der Waals surface area contributed by atoms with Gasteiger partial charge in [-0.1, -0.05) is 33.1 Å². The molecular formula is C11H23NO. The third-order valence-electron chi connectivity index (χ3n) is 2.30. The van der Waals surface area contributed by atoms with E-state index in [-0.39, 0.29) is 0 Å². The summed E-state index contributed by atoms with van der Waals surface area (Å²) in [4.78, 5) is 0. The second-order valence-electron chi connectivity index (χ2n) is 3.48. The minimum Gasteiger partial charge on any atom is -0.381 e. The minimum absolute atomic E-state index is 0.714. The summed E-state index contributed by atoms with van der Waals surface area (Å²) in [6, 6.07) is 0. The Hall–Kier alpha value is -0.370. The van der Waals surface area contributed by atoms with Gasteiger partial charge >= 0.3 is 0 Å². The first-order chi connectivity index (χ1) is 6.35. The first-order valence-electron chi connectivity index (χ1n) is 5.41. The van der Waals surface area contributed by atoms with E-state index < -0.39 is 0 Å². The summed E-state index contributed by atoms with van der Waals surface area (Å²) < 4.78 is 5.47. The molecule has 0 amide bonds. The molecule has 0 spiro atoms. The summed E-state index contributed by atoms with van der Waals surface area (Å²) in [7, 11) is 0. The van der Waals surface area contributed by atoms with Crippen LogP contribution in [0.3, 0.4) is 0 Å². The quantitative estimate of drug-likeness (QED) is 0.434. The van der Waals surface area contributed by atoms with Crippen LogP contribution in [0.1, 0.15) is 46.0 Å². The Morgan fingerprint density at radius 1 is 1.38 bits per heavy atom. The van der Waals surface area contributed by atoms with Crippen LogP contribution in [0.15, 0.2) is 0 Å². The van der Waals surface area contributed by atoms with E-state index >= 15 is 0 Å². The highest BCUT2D eigenvalue weighted by molar-refractivity contribution is 5.52. The fourth-order valence-corrected chi connectivity index (χ4v) is 1.29.